The van der Waals surface area contributed by atoms with Gasteiger partial charge in [0.1, 0.15) is 11.5 Å². The smallest absolute Gasteiger partial charge is 0.132 e. The molecule has 6 aromatic carbocycles. The first kappa shape index (κ1) is 31.5. The summed E-state index contributed by atoms with van der Waals surface area (Å²) in [5, 5.41) is 0. The molecule has 266 valence electrons. The van der Waals surface area contributed by atoms with Crippen molar-refractivity contribution in [1.82, 2.24) is 0 Å². The van der Waals surface area contributed by atoms with Crippen LogP contribution >= 0.6 is 0 Å². The van der Waals surface area contributed by atoms with Crippen LogP contribution < -0.4 is 4.74 Å². The molecule has 1 spiro atoms. The van der Waals surface area contributed by atoms with Crippen LogP contribution in [0.25, 0.3) is 22.3 Å². The lowest BCUT2D eigenvalue weighted by Crippen LogP contribution is -2.58. The fraction of sp³-hybridized carbons (Fsp3) is 0.321. The third kappa shape index (κ3) is 4.22. The summed E-state index contributed by atoms with van der Waals surface area (Å²) in [6.07, 6.45) is 13.1. The second-order valence-electron chi connectivity index (χ2n) is 17.9. The standard InChI is InChI=1S/C53H48O/c1-3-13-38(14-4-1)52(39-15-5-2-6-16-39)47-21-11-12-22-50(47)54-51-26-24-37(33-49(51)52)43-18-8-7-17-42(43)36-23-25-45-44-19-9-10-20-46(44)53(48(45)32-36)40-28-34-27-35(30-40)31-41(53)29-34/h1-8,11-18,21-26,32-35,40-41,44,46H,9-10,19-20,27-31H2. The highest BCUT2D eigenvalue weighted by atomic mass is 16.5. The fourth-order valence-corrected chi connectivity index (χ4v) is 14.1. The van der Waals surface area contributed by atoms with Crippen LogP contribution in [0.1, 0.15) is 97.1 Å². The molecule has 5 saturated carbocycles. The van der Waals surface area contributed by atoms with Gasteiger partial charge in [0.25, 0.3) is 0 Å². The minimum Gasteiger partial charge on any atom is -0.457 e. The lowest BCUT2D eigenvalue weighted by Gasteiger charge is -2.63. The topological polar surface area (TPSA) is 9.23 Å². The van der Waals surface area contributed by atoms with Crippen LogP contribution in [-0.4, -0.2) is 0 Å². The van der Waals surface area contributed by atoms with Gasteiger partial charge in [-0.1, -0.05) is 140 Å². The summed E-state index contributed by atoms with van der Waals surface area (Å²) < 4.78 is 6.79. The molecule has 6 aliphatic carbocycles. The summed E-state index contributed by atoms with van der Waals surface area (Å²) >= 11 is 0. The molecule has 13 rings (SSSR count). The summed E-state index contributed by atoms with van der Waals surface area (Å²) in [6, 6.07) is 54.8. The average molecular weight is 701 g/mol. The molecule has 0 saturated heterocycles. The summed E-state index contributed by atoms with van der Waals surface area (Å²) in [6.45, 7) is 0. The second-order valence-corrected chi connectivity index (χ2v) is 17.9. The Balaban J connectivity index is 1.04. The molecule has 1 nitrogen and oxygen atoms in total. The quantitative estimate of drug-likeness (QED) is 0.178. The first-order valence-electron chi connectivity index (χ1n) is 21.0. The molecule has 2 atom stereocenters. The van der Waals surface area contributed by atoms with Crippen LogP contribution in [0.4, 0.5) is 0 Å². The molecule has 7 aliphatic rings. The fourth-order valence-electron chi connectivity index (χ4n) is 14.1. The molecular formula is C53H48O. The normalized spacial score (nSPS) is 29.2. The molecule has 0 radical (unpaired) electrons. The van der Waals surface area contributed by atoms with Gasteiger partial charge in [0.05, 0.1) is 5.41 Å². The van der Waals surface area contributed by atoms with Crippen molar-refractivity contribution in [1.29, 1.82) is 0 Å². The van der Waals surface area contributed by atoms with E-state index in [-0.39, 0.29) is 0 Å². The zero-order valence-corrected chi connectivity index (χ0v) is 31.1. The van der Waals surface area contributed by atoms with Gasteiger partial charge >= 0.3 is 0 Å². The van der Waals surface area contributed by atoms with Gasteiger partial charge in [-0.3, -0.25) is 0 Å². The number of fused-ring (bicyclic) bond motifs is 5. The molecule has 54 heavy (non-hydrogen) atoms. The summed E-state index contributed by atoms with van der Waals surface area (Å²) in [5.41, 5.74) is 13.5. The van der Waals surface area contributed by atoms with E-state index in [1.165, 1.54) is 102 Å². The highest BCUT2D eigenvalue weighted by Crippen LogP contribution is 2.72. The lowest BCUT2D eigenvalue weighted by molar-refractivity contribution is -0.0912. The number of benzene rings is 6. The third-order valence-corrected chi connectivity index (χ3v) is 15.6. The van der Waals surface area contributed by atoms with E-state index < -0.39 is 5.41 Å². The van der Waals surface area contributed by atoms with Crippen LogP contribution in [0, 0.1) is 29.6 Å². The van der Waals surface area contributed by atoms with Gasteiger partial charge in [-0.05, 0) is 143 Å². The maximum absolute atomic E-state index is 6.79. The van der Waals surface area contributed by atoms with Crippen molar-refractivity contribution >= 4 is 0 Å². The zero-order chi connectivity index (χ0) is 35.4. The van der Waals surface area contributed by atoms with Gasteiger partial charge in [-0.15, -0.1) is 0 Å². The molecule has 2 unspecified atom stereocenters. The van der Waals surface area contributed by atoms with Crippen molar-refractivity contribution in [3.63, 3.8) is 0 Å². The Hall–Kier alpha value is -4.88. The number of hydrogen-bond acceptors (Lipinski definition) is 1. The van der Waals surface area contributed by atoms with E-state index in [0.717, 1.165) is 47.0 Å². The van der Waals surface area contributed by atoms with Crippen molar-refractivity contribution in [3.05, 3.63) is 179 Å². The van der Waals surface area contributed by atoms with Crippen molar-refractivity contribution in [2.75, 3.05) is 0 Å². The molecule has 0 N–H and O–H groups in total. The van der Waals surface area contributed by atoms with Crippen LogP contribution in [-0.2, 0) is 10.8 Å². The second kappa shape index (κ2) is 11.8. The minimum absolute atomic E-state index is 0.403. The Morgan fingerprint density at radius 2 is 1.02 bits per heavy atom. The van der Waals surface area contributed by atoms with Crippen LogP contribution in [0.5, 0.6) is 11.5 Å². The Bertz CT molecular complexity index is 2340. The SMILES string of the molecule is c1ccc(C2(c3ccccc3)c3ccccc3Oc3ccc(-c4ccccc4-c4ccc5c(c4)C4(C6CC7CC(C6)CC4C7)C4CCCCC54)cc32)cc1. The largest absolute Gasteiger partial charge is 0.457 e. The van der Waals surface area contributed by atoms with Crippen molar-refractivity contribution in [3.8, 4) is 33.8 Å². The summed E-state index contributed by atoms with van der Waals surface area (Å²) in [7, 11) is 0. The average Bonchev–Trinajstić information content (AvgIpc) is 3.52. The molecular weight excluding hydrogens is 653 g/mol. The summed E-state index contributed by atoms with van der Waals surface area (Å²) in [5.74, 6) is 7.23. The number of ether oxygens (including phenoxy) is 1. The van der Waals surface area contributed by atoms with Gasteiger partial charge in [0, 0.05) is 16.5 Å². The minimum atomic E-state index is -0.534. The molecule has 0 amide bonds. The molecule has 1 heterocycles. The Labute approximate surface area is 320 Å². The Morgan fingerprint density at radius 3 is 1.70 bits per heavy atom. The van der Waals surface area contributed by atoms with Gasteiger partial charge in [0.2, 0.25) is 0 Å². The molecule has 1 heteroatoms. The van der Waals surface area contributed by atoms with Crippen LogP contribution in [0.2, 0.25) is 0 Å². The maximum atomic E-state index is 6.79. The molecule has 4 bridgehead atoms. The lowest BCUT2D eigenvalue weighted by atomic mass is 9.41. The van der Waals surface area contributed by atoms with Gasteiger partial charge in [-0.25, -0.2) is 0 Å². The van der Waals surface area contributed by atoms with E-state index in [1.54, 1.807) is 11.1 Å². The molecule has 6 aromatic rings. The molecule has 1 aliphatic heterocycles. The number of hydrogen-bond donors (Lipinski definition) is 0. The predicted octanol–water partition coefficient (Wildman–Crippen LogP) is 13.5. The van der Waals surface area contributed by atoms with E-state index in [0.29, 0.717) is 5.41 Å². The Kier molecular flexibility index (Phi) is 6.88. The van der Waals surface area contributed by atoms with Gasteiger partial charge in [0.15, 0.2) is 0 Å². The van der Waals surface area contributed by atoms with E-state index in [4.69, 9.17) is 4.74 Å². The zero-order valence-electron chi connectivity index (χ0n) is 31.1. The summed E-state index contributed by atoms with van der Waals surface area (Å²) in [4.78, 5) is 0. The van der Waals surface area contributed by atoms with Gasteiger partial charge in [-0.2, -0.15) is 0 Å². The van der Waals surface area contributed by atoms with Crippen molar-refractivity contribution in [2.45, 2.75) is 74.5 Å². The van der Waals surface area contributed by atoms with E-state index >= 15 is 0 Å². The van der Waals surface area contributed by atoms with E-state index in [1.807, 2.05) is 0 Å². The molecule has 0 aromatic heterocycles. The highest BCUT2D eigenvalue weighted by molar-refractivity contribution is 5.86. The number of para-hydroxylation sites is 1. The maximum Gasteiger partial charge on any atom is 0.132 e. The first-order chi connectivity index (χ1) is 26.7. The highest BCUT2D eigenvalue weighted by Gasteiger charge is 2.65. The monoisotopic (exact) mass is 700 g/mol. The van der Waals surface area contributed by atoms with Gasteiger partial charge < -0.3 is 4.74 Å². The number of rotatable bonds is 4. The van der Waals surface area contributed by atoms with E-state index in [9.17, 15) is 0 Å². The van der Waals surface area contributed by atoms with Crippen LogP contribution in [0.15, 0.2) is 146 Å². The molecule has 5 fully saturated rings. The van der Waals surface area contributed by atoms with Crippen molar-refractivity contribution in [2.24, 2.45) is 29.6 Å². The van der Waals surface area contributed by atoms with Crippen molar-refractivity contribution < 1.29 is 4.74 Å². The van der Waals surface area contributed by atoms with Crippen LogP contribution in [0.3, 0.4) is 0 Å². The third-order valence-electron chi connectivity index (χ3n) is 15.6. The Morgan fingerprint density at radius 1 is 0.463 bits per heavy atom. The predicted molar refractivity (Wildman–Crippen MR) is 219 cm³/mol. The van der Waals surface area contributed by atoms with E-state index in [2.05, 4.69) is 146 Å². The first-order valence-corrected chi connectivity index (χ1v) is 21.0.